The summed E-state index contributed by atoms with van der Waals surface area (Å²) in [4.78, 5) is 16.6. The fourth-order valence-corrected chi connectivity index (χ4v) is 2.50. The average Bonchev–Trinajstić information content (AvgIpc) is 2.35. The van der Waals surface area contributed by atoms with Gasteiger partial charge in [0.05, 0.1) is 0 Å². The molecule has 4 nitrogen and oxygen atoms in total. The van der Waals surface area contributed by atoms with Crippen LogP contribution in [-0.4, -0.2) is 31.4 Å². The minimum absolute atomic E-state index is 0.00314. The van der Waals surface area contributed by atoms with E-state index in [0.29, 0.717) is 13.0 Å². The summed E-state index contributed by atoms with van der Waals surface area (Å²) >= 11 is 0. The second-order valence-electron chi connectivity index (χ2n) is 7.34. The van der Waals surface area contributed by atoms with Gasteiger partial charge in [-0.25, -0.2) is 0 Å². The topological polar surface area (TPSA) is 49.6 Å². The van der Waals surface area contributed by atoms with E-state index in [1.54, 1.807) is 0 Å². The summed E-state index contributed by atoms with van der Waals surface area (Å²) in [6.45, 7) is 9.78. The number of rotatable bonds is 6. The summed E-state index contributed by atoms with van der Waals surface area (Å²) < 4.78 is 0. The molecule has 4 heteroatoms. The number of nitrogen functional groups attached to an aromatic ring is 1. The van der Waals surface area contributed by atoms with Gasteiger partial charge in [-0.05, 0) is 35.6 Å². The molecular formula is C18H31N3O. The van der Waals surface area contributed by atoms with E-state index in [2.05, 4.69) is 32.6 Å². The van der Waals surface area contributed by atoms with Gasteiger partial charge in [-0.2, -0.15) is 0 Å². The normalized spacial score (nSPS) is 11.4. The Morgan fingerprint density at radius 1 is 1.23 bits per heavy atom. The average molecular weight is 305 g/mol. The molecule has 0 bridgehead atoms. The van der Waals surface area contributed by atoms with Gasteiger partial charge in [-0.15, -0.1) is 0 Å². The van der Waals surface area contributed by atoms with E-state index in [9.17, 15) is 4.79 Å². The van der Waals surface area contributed by atoms with Crippen molar-refractivity contribution >= 4 is 17.3 Å². The van der Waals surface area contributed by atoms with Gasteiger partial charge < -0.3 is 15.5 Å². The van der Waals surface area contributed by atoms with Crippen LogP contribution in [0.4, 0.5) is 11.4 Å². The number of benzene rings is 1. The van der Waals surface area contributed by atoms with Crippen LogP contribution in [0.25, 0.3) is 0 Å². The molecule has 22 heavy (non-hydrogen) atoms. The smallest absolute Gasteiger partial charge is 0.223 e. The first-order chi connectivity index (χ1) is 10.1. The fraction of sp³-hybridized carbons (Fsp3) is 0.611. The summed E-state index contributed by atoms with van der Waals surface area (Å²) in [5.41, 5.74) is 8.88. The lowest BCUT2D eigenvalue weighted by molar-refractivity contribution is -0.133. The van der Waals surface area contributed by atoms with Gasteiger partial charge in [0.2, 0.25) is 5.91 Å². The minimum atomic E-state index is 0.00314. The summed E-state index contributed by atoms with van der Waals surface area (Å²) in [6.07, 6.45) is 1.52. The monoisotopic (exact) mass is 305 g/mol. The molecule has 0 spiro atoms. The molecule has 0 aliphatic carbocycles. The summed E-state index contributed by atoms with van der Waals surface area (Å²) in [6, 6.07) is 5.89. The molecule has 0 radical (unpaired) electrons. The number of amides is 1. The van der Waals surface area contributed by atoms with Crippen molar-refractivity contribution in [3.63, 3.8) is 0 Å². The Morgan fingerprint density at radius 2 is 1.86 bits per heavy atom. The SMILES string of the molecule is CCCN(Cc1cc(N)ccc1N(C)C)C(=O)CC(C)(C)C. The lowest BCUT2D eigenvalue weighted by atomic mass is 9.91. The van der Waals surface area contributed by atoms with Gasteiger partial charge in [0.1, 0.15) is 0 Å². The van der Waals surface area contributed by atoms with Crippen molar-refractivity contribution in [2.75, 3.05) is 31.3 Å². The Balaban J connectivity index is 3.00. The molecule has 0 atom stereocenters. The maximum Gasteiger partial charge on any atom is 0.223 e. The van der Waals surface area contributed by atoms with Crippen molar-refractivity contribution in [1.29, 1.82) is 0 Å². The first kappa shape index (κ1) is 18.3. The van der Waals surface area contributed by atoms with Gasteiger partial charge >= 0.3 is 0 Å². The van der Waals surface area contributed by atoms with Crippen LogP contribution in [0, 0.1) is 5.41 Å². The predicted octanol–water partition coefficient (Wildman–Crippen LogP) is 3.51. The van der Waals surface area contributed by atoms with Gasteiger partial charge in [0.15, 0.2) is 0 Å². The zero-order chi connectivity index (χ0) is 16.9. The highest BCUT2D eigenvalue weighted by molar-refractivity contribution is 5.77. The molecule has 1 aromatic rings. The van der Waals surface area contributed by atoms with Crippen LogP contribution < -0.4 is 10.6 Å². The molecule has 0 unspecified atom stereocenters. The molecule has 0 aliphatic rings. The maximum atomic E-state index is 12.6. The van der Waals surface area contributed by atoms with E-state index < -0.39 is 0 Å². The molecule has 1 rings (SSSR count). The van der Waals surface area contributed by atoms with Crippen LogP contribution in [0.1, 0.15) is 46.1 Å². The van der Waals surface area contributed by atoms with Gasteiger partial charge in [0, 0.05) is 45.0 Å². The lowest BCUT2D eigenvalue weighted by Gasteiger charge is -2.28. The molecule has 1 amide bonds. The van der Waals surface area contributed by atoms with E-state index in [1.165, 1.54) is 0 Å². The van der Waals surface area contributed by atoms with Crippen LogP contribution in [0.2, 0.25) is 0 Å². The van der Waals surface area contributed by atoms with Crippen molar-refractivity contribution < 1.29 is 4.79 Å². The molecule has 0 saturated heterocycles. The Morgan fingerprint density at radius 3 is 2.36 bits per heavy atom. The number of carbonyl (C=O) groups excluding carboxylic acids is 1. The maximum absolute atomic E-state index is 12.6. The van der Waals surface area contributed by atoms with E-state index >= 15 is 0 Å². The molecule has 0 fully saturated rings. The summed E-state index contributed by atoms with van der Waals surface area (Å²) in [5, 5.41) is 0. The Bertz CT molecular complexity index is 504. The first-order valence-corrected chi connectivity index (χ1v) is 7.97. The zero-order valence-electron chi connectivity index (χ0n) is 14.9. The molecule has 1 aromatic carbocycles. The lowest BCUT2D eigenvalue weighted by Crippen LogP contribution is -2.34. The molecule has 0 saturated carbocycles. The van der Waals surface area contributed by atoms with Crippen molar-refractivity contribution in [2.45, 2.75) is 47.1 Å². The van der Waals surface area contributed by atoms with E-state index in [0.717, 1.165) is 29.9 Å². The van der Waals surface area contributed by atoms with Crippen LogP contribution >= 0.6 is 0 Å². The van der Waals surface area contributed by atoms with Crippen LogP contribution in [0.5, 0.6) is 0 Å². The number of nitrogens with zero attached hydrogens (tertiary/aromatic N) is 2. The van der Waals surface area contributed by atoms with Crippen molar-refractivity contribution in [3.8, 4) is 0 Å². The third-order valence-corrected chi connectivity index (χ3v) is 3.47. The largest absolute Gasteiger partial charge is 0.399 e. The van der Waals surface area contributed by atoms with Crippen molar-refractivity contribution in [3.05, 3.63) is 23.8 Å². The third kappa shape index (κ3) is 5.58. The Hall–Kier alpha value is -1.71. The molecule has 0 aliphatic heterocycles. The third-order valence-electron chi connectivity index (χ3n) is 3.47. The minimum Gasteiger partial charge on any atom is -0.399 e. The quantitative estimate of drug-likeness (QED) is 0.818. The number of hydrogen-bond donors (Lipinski definition) is 1. The van der Waals surface area contributed by atoms with E-state index in [-0.39, 0.29) is 11.3 Å². The second kappa shape index (κ2) is 7.52. The molecular weight excluding hydrogens is 274 g/mol. The zero-order valence-corrected chi connectivity index (χ0v) is 14.9. The van der Waals surface area contributed by atoms with Crippen molar-refractivity contribution in [2.24, 2.45) is 5.41 Å². The predicted molar refractivity (Wildman–Crippen MR) is 95.0 cm³/mol. The Kier molecular flexibility index (Phi) is 6.27. The second-order valence-corrected chi connectivity index (χ2v) is 7.34. The summed E-state index contributed by atoms with van der Waals surface area (Å²) in [5.74, 6) is 0.210. The first-order valence-electron chi connectivity index (χ1n) is 7.97. The molecule has 2 N–H and O–H groups in total. The highest BCUT2D eigenvalue weighted by Crippen LogP contribution is 2.25. The van der Waals surface area contributed by atoms with Gasteiger partial charge in [-0.1, -0.05) is 27.7 Å². The highest BCUT2D eigenvalue weighted by Gasteiger charge is 2.22. The van der Waals surface area contributed by atoms with Gasteiger partial charge in [0.25, 0.3) is 0 Å². The summed E-state index contributed by atoms with van der Waals surface area (Å²) in [7, 11) is 4.02. The molecule has 0 aromatic heterocycles. The number of anilines is 2. The van der Waals surface area contributed by atoms with E-state index in [1.807, 2.05) is 37.2 Å². The standard InChI is InChI=1S/C18H31N3O/c1-7-10-21(17(22)12-18(2,3)4)13-14-11-15(19)8-9-16(14)20(5)6/h8-9,11H,7,10,12-13,19H2,1-6H3. The van der Waals surface area contributed by atoms with E-state index in [4.69, 9.17) is 5.73 Å². The van der Waals surface area contributed by atoms with Crippen LogP contribution in [-0.2, 0) is 11.3 Å². The number of nitrogens with two attached hydrogens (primary N) is 1. The van der Waals surface area contributed by atoms with Gasteiger partial charge in [-0.3, -0.25) is 4.79 Å². The molecule has 0 heterocycles. The van der Waals surface area contributed by atoms with Crippen molar-refractivity contribution in [1.82, 2.24) is 4.90 Å². The van der Waals surface area contributed by atoms with Crippen LogP contribution in [0.3, 0.4) is 0 Å². The molecule has 124 valence electrons. The van der Waals surface area contributed by atoms with Crippen LogP contribution in [0.15, 0.2) is 18.2 Å². The number of hydrogen-bond acceptors (Lipinski definition) is 3. The Labute approximate surface area is 135 Å². The number of carbonyl (C=O) groups is 1. The highest BCUT2D eigenvalue weighted by atomic mass is 16.2. The fourth-order valence-electron chi connectivity index (χ4n) is 2.50.